The predicted molar refractivity (Wildman–Crippen MR) is 107 cm³/mol. The number of likely N-dealkylation sites (tertiary alicyclic amines) is 1. The number of anilines is 1. The minimum atomic E-state index is 0.160. The van der Waals surface area contributed by atoms with Crippen molar-refractivity contribution in [2.24, 2.45) is 16.8 Å². The quantitative estimate of drug-likeness (QED) is 0.626. The van der Waals surface area contributed by atoms with E-state index in [9.17, 15) is 4.79 Å². The van der Waals surface area contributed by atoms with Crippen molar-refractivity contribution in [3.8, 4) is 0 Å². The molecule has 2 N–H and O–H groups in total. The van der Waals surface area contributed by atoms with Crippen molar-refractivity contribution >= 4 is 17.6 Å². The van der Waals surface area contributed by atoms with E-state index in [1.165, 1.54) is 19.3 Å². The number of aliphatic imine (C=N–C) groups is 1. The molecule has 26 heavy (non-hydrogen) atoms. The van der Waals surface area contributed by atoms with Crippen LogP contribution in [0.1, 0.15) is 51.5 Å². The summed E-state index contributed by atoms with van der Waals surface area (Å²) in [6.07, 6.45) is 5.68. The highest BCUT2D eigenvalue weighted by Crippen LogP contribution is 2.27. The summed E-state index contributed by atoms with van der Waals surface area (Å²) in [5.41, 5.74) is 2.00. The number of rotatable bonds is 5. The van der Waals surface area contributed by atoms with Gasteiger partial charge in [-0.1, -0.05) is 25.5 Å². The lowest BCUT2D eigenvalue weighted by atomic mass is 9.85. The molecule has 1 amide bonds. The van der Waals surface area contributed by atoms with Gasteiger partial charge in [0.1, 0.15) is 0 Å². The van der Waals surface area contributed by atoms with Crippen molar-refractivity contribution in [3.63, 3.8) is 0 Å². The first-order valence-electron chi connectivity index (χ1n) is 10.1. The number of amides is 1. The number of carbonyl (C=O) groups is 1. The Kier molecular flexibility index (Phi) is 6.53. The summed E-state index contributed by atoms with van der Waals surface area (Å²) in [5.74, 6) is 2.18. The second-order valence-electron chi connectivity index (χ2n) is 7.66. The molecule has 1 heterocycles. The lowest BCUT2D eigenvalue weighted by molar-refractivity contribution is -0.122. The standard InChI is InChI=1S/C21H32N4O/c1-3-22-21(25-12-10-16(2)11-13-25)23-15-17-6-4-9-19(14-17)24-20(26)18-7-5-8-18/h4,6,9,14,16,18H,3,5,7-8,10-13,15H2,1-2H3,(H,22,23)(H,24,26). The number of guanidine groups is 1. The molecule has 1 aromatic rings. The lowest BCUT2D eigenvalue weighted by Gasteiger charge is -2.33. The van der Waals surface area contributed by atoms with Gasteiger partial charge in [-0.25, -0.2) is 4.99 Å². The van der Waals surface area contributed by atoms with Crippen LogP contribution in [0, 0.1) is 11.8 Å². The van der Waals surface area contributed by atoms with E-state index < -0.39 is 0 Å². The fraction of sp³-hybridized carbons (Fsp3) is 0.619. The maximum Gasteiger partial charge on any atom is 0.227 e. The first-order valence-corrected chi connectivity index (χ1v) is 10.1. The van der Waals surface area contributed by atoms with Crippen molar-refractivity contribution in [2.75, 3.05) is 25.0 Å². The number of nitrogens with zero attached hydrogens (tertiary/aromatic N) is 2. The van der Waals surface area contributed by atoms with Crippen LogP contribution < -0.4 is 10.6 Å². The zero-order valence-electron chi connectivity index (χ0n) is 16.1. The molecule has 1 aromatic carbocycles. The highest BCUT2D eigenvalue weighted by atomic mass is 16.1. The highest BCUT2D eigenvalue weighted by Gasteiger charge is 2.25. The van der Waals surface area contributed by atoms with Gasteiger partial charge < -0.3 is 15.5 Å². The number of nitrogens with one attached hydrogen (secondary N) is 2. The third kappa shape index (κ3) is 4.99. The van der Waals surface area contributed by atoms with Crippen LogP contribution in [0.25, 0.3) is 0 Å². The van der Waals surface area contributed by atoms with E-state index in [1.807, 2.05) is 18.2 Å². The van der Waals surface area contributed by atoms with Crippen molar-refractivity contribution in [1.82, 2.24) is 10.2 Å². The molecule has 0 atom stereocenters. The molecule has 5 nitrogen and oxygen atoms in total. The summed E-state index contributed by atoms with van der Waals surface area (Å²) in [4.78, 5) is 19.3. The van der Waals surface area contributed by atoms with Crippen LogP contribution in [0.4, 0.5) is 5.69 Å². The summed E-state index contributed by atoms with van der Waals surface area (Å²) in [6, 6.07) is 8.07. The van der Waals surface area contributed by atoms with Gasteiger partial charge >= 0.3 is 0 Å². The fourth-order valence-electron chi connectivity index (χ4n) is 3.47. The van der Waals surface area contributed by atoms with Gasteiger partial charge in [-0.05, 0) is 56.2 Å². The number of benzene rings is 1. The molecule has 0 radical (unpaired) electrons. The van der Waals surface area contributed by atoms with Crippen LogP contribution in [0.5, 0.6) is 0 Å². The van der Waals surface area contributed by atoms with Crippen molar-refractivity contribution in [2.45, 2.75) is 52.5 Å². The van der Waals surface area contributed by atoms with Gasteiger partial charge in [0.2, 0.25) is 5.91 Å². The molecule has 0 bridgehead atoms. The molecule has 1 saturated heterocycles. The van der Waals surface area contributed by atoms with E-state index in [1.54, 1.807) is 0 Å². The molecule has 1 aliphatic carbocycles. The smallest absolute Gasteiger partial charge is 0.227 e. The summed E-state index contributed by atoms with van der Waals surface area (Å²) in [5, 5.41) is 6.47. The van der Waals surface area contributed by atoms with Crippen LogP contribution in [0.2, 0.25) is 0 Å². The molecule has 2 aliphatic rings. The highest BCUT2D eigenvalue weighted by molar-refractivity contribution is 5.93. The van der Waals surface area contributed by atoms with Crippen molar-refractivity contribution in [1.29, 1.82) is 0 Å². The molecule has 1 saturated carbocycles. The third-order valence-corrected chi connectivity index (χ3v) is 5.50. The molecule has 1 aliphatic heterocycles. The summed E-state index contributed by atoms with van der Waals surface area (Å²) >= 11 is 0. The van der Waals surface area contributed by atoms with Crippen molar-refractivity contribution < 1.29 is 4.79 Å². The van der Waals surface area contributed by atoms with Crippen LogP contribution >= 0.6 is 0 Å². The van der Waals surface area contributed by atoms with Crippen LogP contribution in [-0.4, -0.2) is 36.4 Å². The van der Waals surface area contributed by atoms with Gasteiger partial charge in [-0.2, -0.15) is 0 Å². The number of carbonyl (C=O) groups excluding carboxylic acids is 1. The Morgan fingerprint density at radius 3 is 2.65 bits per heavy atom. The average Bonchev–Trinajstić information content (AvgIpc) is 2.58. The Hall–Kier alpha value is -2.04. The molecule has 5 heteroatoms. The molecule has 3 rings (SSSR count). The van der Waals surface area contributed by atoms with Gasteiger partial charge in [0.15, 0.2) is 5.96 Å². The van der Waals surface area contributed by atoms with Gasteiger partial charge in [0.25, 0.3) is 0 Å². The topological polar surface area (TPSA) is 56.7 Å². The zero-order chi connectivity index (χ0) is 18.4. The van der Waals surface area contributed by atoms with E-state index in [0.717, 1.165) is 55.6 Å². The number of piperidine rings is 1. The maximum absolute atomic E-state index is 12.1. The lowest BCUT2D eigenvalue weighted by Crippen LogP contribution is -2.45. The van der Waals surface area contributed by atoms with E-state index >= 15 is 0 Å². The Morgan fingerprint density at radius 2 is 2.00 bits per heavy atom. The normalized spacial score (nSPS) is 19.2. The number of hydrogen-bond acceptors (Lipinski definition) is 2. The third-order valence-electron chi connectivity index (χ3n) is 5.50. The molecule has 142 valence electrons. The van der Waals surface area contributed by atoms with E-state index in [2.05, 4.69) is 35.4 Å². The van der Waals surface area contributed by atoms with E-state index in [0.29, 0.717) is 6.54 Å². The second kappa shape index (κ2) is 9.06. The summed E-state index contributed by atoms with van der Waals surface area (Å²) < 4.78 is 0. The first kappa shape index (κ1) is 18.7. The van der Waals surface area contributed by atoms with Crippen LogP contribution in [-0.2, 0) is 11.3 Å². The maximum atomic E-state index is 12.1. The minimum absolute atomic E-state index is 0.160. The van der Waals surface area contributed by atoms with Gasteiger partial charge in [0.05, 0.1) is 6.54 Å². The SMILES string of the molecule is CCNC(=NCc1cccc(NC(=O)C2CCC2)c1)N1CCC(C)CC1. The molecule has 0 unspecified atom stereocenters. The predicted octanol–water partition coefficient (Wildman–Crippen LogP) is 3.62. The summed E-state index contributed by atoms with van der Waals surface area (Å²) in [6.45, 7) is 8.09. The van der Waals surface area contributed by atoms with Crippen LogP contribution in [0.3, 0.4) is 0 Å². The monoisotopic (exact) mass is 356 g/mol. The van der Waals surface area contributed by atoms with Gasteiger partial charge in [-0.3, -0.25) is 4.79 Å². The van der Waals surface area contributed by atoms with E-state index in [4.69, 9.17) is 4.99 Å². The van der Waals surface area contributed by atoms with Crippen LogP contribution in [0.15, 0.2) is 29.3 Å². The Morgan fingerprint density at radius 1 is 1.23 bits per heavy atom. The van der Waals surface area contributed by atoms with E-state index in [-0.39, 0.29) is 11.8 Å². The van der Waals surface area contributed by atoms with Gasteiger partial charge in [0, 0.05) is 31.2 Å². The average molecular weight is 357 g/mol. The number of hydrogen-bond donors (Lipinski definition) is 2. The summed E-state index contributed by atoms with van der Waals surface area (Å²) in [7, 11) is 0. The first-order chi connectivity index (χ1) is 12.7. The largest absolute Gasteiger partial charge is 0.357 e. The molecule has 0 aromatic heterocycles. The minimum Gasteiger partial charge on any atom is -0.357 e. The molecule has 0 spiro atoms. The molecular weight excluding hydrogens is 324 g/mol. The second-order valence-corrected chi connectivity index (χ2v) is 7.66. The molecule has 2 fully saturated rings. The Bertz CT molecular complexity index is 631. The Labute approximate surface area is 157 Å². The van der Waals surface area contributed by atoms with Gasteiger partial charge in [-0.15, -0.1) is 0 Å². The molecular formula is C21H32N4O. The zero-order valence-corrected chi connectivity index (χ0v) is 16.1. The fourth-order valence-corrected chi connectivity index (χ4v) is 3.47. The van der Waals surface area contributed by atoms with Crippen molar-refractivity contribution in [3.05, 3.63) is 29.8 Å². The Balaban J connectivity index is 1.61.